The van der Waals surface area contributed by atoms with Crippen LogP contribution in [-0.4, -0.2) is 18.5 Å². The quantitative estimate of drug-likeness (QED) is 0.574. The summed E-state index contributed by atoms with van der Waals surface area (Å²) in [6.07, 6.45) is -10.0. The Morgan fingerprint density at radius 3 is 2.11 bits per heavy atom. The second kappa shape index (κ2) is 4.97. The van der Waals surface area contributed by atoms with Crippen LogP contribution in [-0.2, 0) is 6.18 Å². The normalized spacial score (nSPS) is 12.4. The first-order valence-corrected chi connectivity index (χ1v) is 5.20. The number of methoxy groups -OCH3 is 1. The molecule has 3 nitrogen and oxygen atoms in total. The summed E-state index contributed by atoms with van der Waals surface area (Å²) in [6.45, 7) is 0. The van der Waals surface area contributed by atoms with Gasteiger partial charge in [-0.15, -0.1) is 13.2 Å². The maximum Gasteiger partial charge on any atom is 0.573 e. The molecule has 10 heteroatoms. The molecule has 0 aliphatic carbocycles. The molecule has 1 rings (SSSR count). The predicted octanol–water partition coefficient (Wildman–Crippen LogP) is 3.61. The number of aromatic nitrogens is 1. The van der Waals surface area contributed by atoms with Crippen molar-refractivity contribution >= 4 is 22.6 Å². The molecule has 0 aliphatic rings. The highest BCUT2D eigenvalue weighted by Crippen LogP contribution is 2.38. The second-order valence-corrected chi connectivity index (χ2v) is 3.95. The van der Waals surface area contributed by atoms with Crippen LogP contribution >= 0.6 is 22.6 Å². The molecule has 18 heavy (non-hydrogen) atoms. The van der Waals surface area contributed by atoms with E-state index in [2.05, 4.69) is 14.5 Å². The van der Waals surface area contributed by atoms with Gasteiger partial charge in [-0.2, -0.15) is 13.2 Å². The third-order valence-corrected chi connectivity index (χ3v) is 2.60. The molecule has 0 spiro atoms. The second-order valence-electron chi connectivity index (χ2n) is 2.87. The van der Waals surface area contributed by atoms with Crippen LogP contribution in [0.3, 0.4) is 0 Å². The molecule has 0 saturated carbocycles. The zero-order valence-corrected chi connectivity index (χ0v) is 10.6. The third-order valence-electron chi connectivity index (χ3n) is 1.60. The van der Waals surface area contributed by atoms with E-state index < -0.39 is 29.9 Å². The van der Waals surface area contributed by atoms with Crippen molar-refractivity contribution in [3.63, 3.8) is 0 Å². The molecule has 0 saturated heterocycles. The Kier molecular flexibility index (Phi) is 4.18. The van der Waals surface area contributed by atoms with E-state index in [1.165, 1.54) is 22.6 Å². The standard InChI is InChI=1S/C8H4F6INO2/c1-17-6-5(15)3(18-8(12,13)14)2-4(16-6)7(9,10)11/h2H,1H3. The van der Waals surface area contributed by atoms with Crippen LogP contribution in [0, 0.1) is 3.57 Å². The van der Waals surface area contributed by atoms with Crippen LogP contribution in [0.5, 0.6) is 11.6 Å². The molecule has 0 amide bonds. The van der Waals surface area contributed by atoms with Crippen molar-refractivity contribution in [1.29, 1.82) is 0 Å². The van der Waals surface area contributed by atoms with Crippen molar-refractivity contribution in [1.82, 2.24) is 4.98 Å². The van der Waals surface area contributed by atoms with Crippen molar-refractivity contribution < 1.29 is 35.8 Å². The molecule has 0 atom stereocenters. The minimum absolute atomic E-state index is 0.164. The van der Waals surface area contributed by atoms with Crippen LogP contribution in [0.4, 0.5) is 26.3 Å². The summed E-state index contributed by atoms with van der Waals surface area (Å²) in [6, 6.07) is 0.164. The first-order chi connectivity index (χ1) is 8.04. The zero-order valence-electron chi connectivity index (χ0n) is 8.49. The van der Waals surface area contributed by atoms with E-state index in [0.717, 1.165) is 7.11 Å². The Bertz CT molecular complexity index is 444. The minimum atomic E-state index is -5.10. The molecule has 0 aromatic carbocycles. The predicted molar refractivity (Wildman–Crippen MR) is 55.2 cm³/mol. The molecule has 0 unspecified atom stereocenters. The lowest BCUT2D eigenvalue weighted by Gasteiger charge is -2.15. The SMILES string of the molecule is COc1nc(C(F)(F)F)cc(OC(F)(F)F)c1I. The lowest BCUT2D eigenvalue weighted by Crippen LogP contribution is -2.19. The first kappa shape index (κ1) is 15.1. The minimum Gasteiger partial charge on any atom is -0.480 e. The van der Waals surface area contributed by atoms with Gasteiger partial charge in [0, 0.05) is 6.07 Å². The highest BCUT2D eigenvalue weighted by Gasteiger charge is 2.38. The van der Waals surface area contributed by atoms with Gasteiger partial charge in [-0.05, 0) is 22.6 Å². The van der Waals surface area contributed by atoms with E-state index in [1.807, 2.05) is 0 Å². The number of halogens is 7. The molecule has 1 aromatic rings. The first-order valence-electron chi connectivity index (χ1n) is 4.12. The molecular weight excluding hydrogens is 383 g/mol. The van der Waals surface area contributed by atoms with Gasteiger partial charge in [0.25, 0.3) is 0 Å². The fraction of sp³-hybridized carbons (Fsp3) is 0.375. The van der Waals surface area contributed by atoms with Crippen molar-refractivity contribution in [3.05, 3.63) is 15.3 Å². The Balaban J connectivity index is 3.32. The van der Waals surface area contributed by atoms with Gasteiger partial charge in [-0.1, -0.05) is 0 Å². The average molecular weight is 387 g/mol. The van der Waals surface area contributed by atoms with Crippen LogP contribution < -0.4 is 9.47 Å². The summed E-state index contributed by atoms with van der Waals surface area (Å²) < 4.78 is 80.9. The number of pyridine rings is 1. The molecule has 0 fully saturated rings. The monoisotopic (exact) mass is 387 g/mol. The topological polar surface area (TPSA) is 31.4 Å². The number of nitrogens with zero attached hydrogens (tertiary/aromatic N) is 1. The summed E-state index contributed by atoms with van der Waals surface area (Å²) in [5.74, 6) is -1.60. The van der Waals surface area contributed by atoms with Gasteiger partial charge in [-0.3, -0.25) is 0 Å². The number of hydrogen-bond donors (Lipinski definition) is 0. The molecule has 0 N–H and O–H groups in total. The number of alkyl halides is 6. The van der Waals surface area contributed by atoms with E-state index in [4.69, 9.17) is 0 Å². The lowest BCUT2D eigenvalue weighted by molar-refractivity contribution is -0.275. The van der Waals surface area contributed by atoms with Crippen LogP contribution in [0.1, 0.15) is 5.69 Å². The Morgan fingerprint density at radius 1 is 1.17 bits per heavy atom. The van der Waals surface area contributed by atoms with Gasteiger partial charge < -0.3 is 9.47 Å². The summed E-state index contributed by atoms with van der Waals surface area (Å²) in [4.78, 5) is 3.05. The number of hydrogen-bond acceptors (Lipinski definition) is 3. The maximum atomic E-state index is 12.4. The molecule has 0 radical (unpaired) electrons. The van der Waals surface area contributed by atoms with Crippen molar-refractivity contribution in [3.8, 4) is 11.6 Å². The van der Waals surface area contributed by atoms with Gasteiger partial charge in [0.05, 0.1) is 7.11 Å². The molecule has 0 aliphatic heterocycles. The Morgan fingerprint density at radius 2 is 1.72 bits per heavy atom. The summed E-state index contributed by atoms with van der Waals surface area (Å²) >= 11 is 1.35. The van der Waals surface area contributed by atoms with E-state index in [-0.39, 0.29) is 9.64 Å². The van der Waals surface area contributed by atoms with Crippen LogP contribution in [0.2, 0.25) is 0 Å². The lowest BCUT2D eigenvalue weighted by atomic mass is 10.3. The van der Waals surface area contributed by atoms with Crippen LogP contribution in [0.25, 0.3) is 0 Å². The molecule has 0 bridgehead atoms. The van der Waals surface area contributed by atoms with Gasteiger partial charge >= 0.3 is 12.5 Å². The third kappa shape index (κ3) is 3.78. The van der Waals surface area contributed by atoms with Gasteiger partial charge in [-0.25, -0.2) is 4.98 Å². The van der Waals surface area contributed by atoms with Gasteiger partial charge in [0.2, 0.25) is 5.88 Å². The fourth-order valence-electron chi connectivity index (χ4n) is 0.963. The van der Waals surface area contributed by atoms with E-state index in [0.29, 0.717) is 0 Å². The average Bonchev–Trinajstić information content (AvgIpc) is 2.17. The molecule has 1 heterocycles. The number of rotatable bonds is 2. The van der Waals surface area contributed by atoms with Crippen molar-refractivity contribution in [2.24, 2.45) is 0 Å². The Labute approximate surface area is 110 Å². The fourth-order valence-corrected chi connectivity index (χ4v) is 1.57. The zero-order chi connectivity index (χ0) is 14.1. The van der Waals surface area contributed by atoms with Crippen molar-refractivity contribution in [2.75, 3.05) is 7.11 Å². The summed E-state index contributed by atoms with van der Waals surface area (Å²) in [5, 5.41) is 0. The molecule has 1 aromatic heterocycles. The van der Waals surface area contributed by atoms with Gasteiger partial charge in [0.15, 0.2) is 5.69 Å². The van der Waals surface area contributed by atoms with E-state index in [9.17, 15) is 26.3 Å². The smallest absolute Gasteiger partial charge is 0.480 e. The highest BCUT2D eigenvalue weighted by molar-refractivity contribution is 14.1. The maximum absolute atomic E-state index is 12.4. The summed E-state index contributed by atoms with van der Waals surface area (Å²) in [5.41, 5.74) is -1.53. The van der Waals surface area contributed by atoms with Crippen LogP contribution in [0.15, 0.2) is 6.07 Å². The Hall–Kier alpha value is -0.940. The number of ether oxygens (including phenoxy) is 2. The van der Waals surface area contributed by atoms with Gasteiger partial charge in [0.1, 0.15) is 9.32 Å². The van der Waals surface area contributed by atoms with Crippen molar-refractivity contribution in [2.45, 2.75) is 12.5 Å². The molecular formula is C8H4F6INO2. The highest BCUT2D eigenvalue weighted by atomic mass is 127. The van der Waals surface area contributed by atoms with E-state index >= 15 is 0 Å². The van der Waals surface area contributed by atoms with E-state index in [1.54, 1.807) is 0 Å². The molecule has 102 valence electrons. The largest absolute Gasteiger partial charge is 0.573 e. The summed E-state index contributed by atoms with van der Waals surface area (Å²) in [7, 11) is 0.988.